The fourth-order valence-electron chi connectivity index (χ4n) is 7.78. The molecule has 3 unspecified atom stereocenters. The third-order valence-corrected chi connectivity index (χ3v) is 10.7. The lowest BCUT2D eigenvalue weighted by Gasteiger charge is -2.40. The first-order chi connectivity index (χ1) is 25.9. The first-order valence-electron chi connectivity index (χ1n) is 18.4. The topological polar surface area (TPSA) is 153 Å². The van der Waals surface area contributed by atoms with E-state index in [0.29, 0.717) is 61.0 Å². The maximum absolute atomic E-state index is 14.3. The molecule has 13 heteroatoms. The van der Waals surface area contributed by atoms with Crippen molar-refractivity contribution < 1.29 is 33.8 Å². The van der Waals surface area contributed by atoms with E-state index in [4.69, 9.17) is 21.1 Å². The Hall–Kier alpha value is -5.23. The smallest absolute Gasteiger partial charge is 0.254 e. The number of carbonyl (C=O) groups excluding carboxylic acids is 4. The van der Waals surface area contributed by atoms with Gasteiger partial charge in [-0.1, -0.05) is 35.9 Å². The molecule has 0 aliphatic carbocycles. The van der Waals surface area contributed by atoms with Crippen molar-refractivity contribution in [1.82, 2.24) is 25.4 Å². The first kappa shape index (κ1) is 38.5. The lowest BCUT2D eigenvalue weighted by Crippen LogP contribution is -2.56. The average Bonchev–Trinajstić information content (AvgIpc) is 3.77. The fraction of sp³-hybridized carbons (Fsp3) is 0.415. The van der Waals surface area contributed by atoms with Gasteiger partial charge in [0.1, 0.15) is 11.8 Å². The number of aryl methyl sites for hydroxylation is 1. The second-order valence-corrected chi connectivity index (χ2v) is 14.9. The zero-order valence-corrected chi connectivity index (χ0v) is 31.8. The molecule has 54 heavy (non-hydrogen) atoms. The van der Waals surface area contributed by atoms with Gasteiger partial charge in [-0.3, -0.25) is 19.2 Å². The monoisotopic (exact) mass is 757 g/mol. The number of hydrogen-bond donors (Lipinski definition) is 4. The predicted molar refractivity (Wildman–Crippen MR) is 206 cm³/mol. The van der Waals surface area contributed by atoms with Crippen molar-refractivity contribution in [2.45, 2.75) is 51.7 Å². The van der Waals surface area contributed by atoms with E-state index < -0.39 is 12.0 Å². The van der Waals surface area contributed by atoms with Crippen LogP contribution >= 0.6 is 11.6 Å². The number of likely N-dealkylation sites (N-methyl/N-ethyl adjacent to an activating group) is 1. The third-order valence-electron chi connectivity index (χ3n) is 10.5. The van der Waals surface area contributed by atoms with Gasteiger partial charge in [0, 0.05) is 60.9 Å². The third kappa shape index (κ3) is 8.59. The number of amides is 4. The molecule has 0 saturated carbocycles. The molecular formula is C41H48ClN5O7. The quantitative estimate of drug-likeness (QED) is 0.150. The van der Waals surface area contributed by atoms with Crippen LogP contribution in [0.2, 0.25) is 5.02 Å². The van der Waals surface area contributed by atoms with Crippen LogP contribution in [0.3, 0.4) is 0 Å². The summed E-state index contributed by atoms with van der Waals surface area (Å²) in [7, 11) is 3.05. The number of fused-ring (bicyclic) bond motifs is 2. The number of H-pyrrole nitrogens is 1. The van der Waals surface area contributed by atoms with Crippen LogP contribution in [0.15, 0.2) is 66.9 Å². The number of nitrogens with zero attached hydrogens (tertiary/aromatic N) is 2. The van der Waals surface area contributed by atoms with Gasteiger partial charge in [-0.05, 0) is 92.5 Å². The summed E-state index contributed by atoms with van der Waals surface area (Å²) >= 11 is 6.18. The van der Waals surface area contributed by atoms with E-state index in [1.807, 2.05) is 38.1 Å². The highest BCUT2D eigenvalue weighted by molar-refractivity contribution is 6.31. The molecule has 286 valence electrons. The van der Waals surface area contributed by atoms with Gasteiger partial charge in [0.05, 0.1) is 25.6 Å². The number of aromatic hydroxyl groups is 1. The van der Waals surface area contributed by atoms with Gasteiger partial charge < -0.3 is 40.0 Å². The molecule has 4 N–H and O–H groups in total. The van der Waals surface area contributed by atoms with Crippen molar-refractivity contribution in [3.05, 3.63) is 88.6 Å². The molecule has 3 heterocycles. The molecule has 0 bridgehead atoms. The lowest BCUT2D eigenvalue weighted by molar-refractivity contribution is -0.140. The number of phenols is 1. The van der Waals surface area contributed by atoms with Gasteiger partial charge >= 0.3 is 0 Å². The molecule has 4 aromatic rings. The summed E-state index contributed by atoms with van der Waals surface area (Å²) in [6.45, 7) is 5.03. The normalized spacial score (nSPS) is 18.7. The van der Waals surface area contributed by atoms with Crippen LogP contribution in [0.5, 0.6) is 17.2 Å². The number of halogens is 1. The maximum atomic E-state index is 14.3. The highest BCUT2D eigenvalue weighted by atomic mass is 35.5. The molecule has 0 spiro atoms. The number of phenolic OH excluding ortho intramolecular Hbond substituents is 1. The number of rotatable bonds is 13. The second-order valence-electron chi connectivity index (χ2n) is 14.4. The molecular weight excluding hydrogens is 710 g/mol. The van der Waals surface area contributed by atoms with E-state index in [1.54, 1.807) is 52.4 Å². The van der Waals surface area contributed by atoms with Crippen molar-refractivity contribution in [2.24, 2.45) is 17.8 Å². The van der Waals surface area contributed by atoms with Crippen LogP contribution in [-0.4, -0.2) is 96.0 Å². The Kier molecular flexibility index (Phi) is 12.0. The number of carbonyl (C=O) groups is 4. The van der Waals surface area contributed by atoms with Crippen LogP contribution in [0.1, 0.15) is 48.2 Å². The average molecular weight is 758 g/mol. The lowest BCUT2D eigenvalue weighted by atomic mass is 9.79. The van der Waals surface area contributed by atoms with Crippen molar-refractivity contribution in [2.75, 3.05) is 40.3 Å². The molecule has 2 saturated heterocycles. The van der Waals surface area contributed by atoms with E-state index in [1.165, 1.54) is 14.2 Å². The Morgan fingerprint density at radius 1 is 0.963 bits per heavy atom. The molecule has 3 aromatic carbocycles. The number of ether oxygens (including phenoxy) is 2. The number of aromatic amines is 1. The largest absolute Gasteiger partial charge is 0.508 e. The SMILES string of the molecule is CNC(=O)[C@H](CCCc1ccccc1O)NC(=O)C1CN(C(=O)Cc2c[nH]c3cc(Cl)ccc23)CC2CN(C(=O)c3ccc(OC(C)C)c(OC)c3)CC21. The van der Waals surface area contributed by atoms with E-state index in [9.17, 15) is 24.3 Å². The summed E-state index contributed by atoms with van der Waals surface area (Å²) in [6.07, 6.45) is 3.26. The van der Waals surface area contributed by atoms with Gasteiger partial charge in [-0.2, -0.15) is 0 Å². The molecule has 0 radical (unpaired) electrons. The van der Waals surface area contributed by atoms with Crippen molar-refractivity contribution in [1.29, 1.82) is 0 Å². The number of benzene rings is 3. The van der Waals surface area contributed by atoms with Crippen molar-refractivity contribution in [3.63, 3.8) is 0 Å². The second kappa shape index (κ2) is 16.8. The van der Waals surface area contributed by atoms with Crippen LogP contribution in [0.4, 0.5) is 0 Å². The Morgan fingerprint density at radius 2 is 1.74 bits per heavy atom. The number of methoxy groups -OCH3 is 1. The summed E-state index contributed by atoms with van der Waals surface area (Å²) in [5.41, 5.74) is 2.84. The van der Waals surface area contributed by atoms with Gasteiger partial charge in [-0.15, -0.1) is 0 Å². The number of para-hydroxylation sites is 1. The van der Waals surface area contributed by atoms with Gasteiger partial charge in [-0.25, -0.2) is 0 Å². The Labute approximate surface area is 320 Å². The van der Waals surface area contributed by atoms with Crippen LogP contribution in [0, 0.1) is 17.8 Å². The minimum absolute atomic E-state index is 0.0781. The molecule has 2 aliphatic rings. The molecule has 6 rings (SSSR count). The predicted octanol–water partition coefficient (Wildman–Crippen LogP) is 4.97. The molecule has 12 nitrogen and oxygen atoms in total. The van der Waals surface area contributed by atoms with Crippen molar-refractivity contribution in [3.8, 4) is 17.2 Å². The van der Waals surface area contributed by atoms with E-state index in [0.717, 1.165) is 22.0 Å². The highest BCUT2D eigenvalue weighted by Crippen LogP contribution is 2.38. The summed E-state index contributed by atoms with van der Waals surface area (Å²) < 4.78 is 11.4. The van der Waals surface area contributed by atoms with E-state index in [-0.39, 0.29) is 60.3 Å². The number of piperidine rings is 1. The fourth-order valence-corrected chi connectivity index (χ4v) is 7.95. The van der Waals surface area contributed by atoms with Crippen LogP contribution in [-0.2, 0) is 27.2 Å². The minimum Gasteiger partial charge on any atom is -0.508 e. The minimum atomic E-state index is -0.825. The van der Waals surface area contributed by atoms with Gasteiger partial charge in [0.2, 0.25) is 17.7 Å². The Bertz CT molecular complexity index is 2010. The molecule has 1 aromatic heterocycles. The maximum Gasteiger partial charge on any atom is 0.254 e. The summed E-state index contributed by atoms with van der Waals surface area (Å²) in [5.74, 6) is -0.936. The Balaban J connectivity index is 1.22. The zero-order chi connectivity index (χ0) is 38.5. The summed E-state index contributed by atoms with van der Waals surface area (Å²) in [6, 6.07) is 16.8. The molecule has 4 amide bonds. The number of aromatic nitrogens is 1. The summed E-state index contributed by atoms with van der Waals surface area (Å²) in [5, 5.41) is 17.4. The van der Waals surface area contributed by atoms with E-state index in [2.05, 4.69) is 15.6 Å². The molecule has 2 fully saturated rings. The van der Waals surface area contributed by atoms with Gasteiger partial charge in [0.25, 0.3) is 5.91 Å². The number of hydrogen-bond acceptors (Lipinski definition) is 7. The summed E-state index contributed by atoms with van der Waals surface area (Å²) in [4.78, 5) is 62.0. The van der Waals surface area contributed by atoms with Crippen molar-refractivity contribution >= 4 is 46.1 Å². The molecule has 4 atom stereocenters. The standard InChI is InChI=1S/C41H48ClN5O7/c1-24(2)54-36-15-12-26(16-37(36)53-4)41(52)47-21-28-20-46(38(49)17-27-19-44-34-18-29(42)13-14-30(27)34)23-32(31(28)22-47)39(50)45-33(40(51)43-3)10-7-9-25-8-5-6-11-35(25)48/h5-6,8,11-16,18-19,24,28,31-33,44,48H,7,9-10,17,20-23H2,1-4H3,(H,43,51)(H,45,50)/t28?,31?,32?,33-/m0/s1. The first-order valence-corrected chi connectivity index (χ1v) is 18.8. The van der Waals surface area contributed by atoms with Crippen LogP contribution in [0.25, 0.3) is 10.9 Å². The van der Waals surface area contributed by atoms with E-state index >= 15 is 0 Å². The number of nitrogens with one attached hydrogen (secondary N) is 3. The Morgan fingerprint density at radius 3 is 2.48 bits per heavy atom. The van der Waals surface area contributed by atoms with Crippen LogP contribution < -0.4 is 20.1 Å². The highest BCUT2D eigenvalue weighted by Gasteiger charge is 2.48. The molecule has 2 aliphatic heterocycles. The van der Waals surface area contributed by atoms with Gasteiger partial charge in [0.15, 0.2) is 11.5 Å². The number of likely N-dealkylation sites (tertiary alicyclic amines) is 2. The zero-order valence-electron chi connectivity index (χ0n) is 31.1.